The zero-order valence-electron chi connectivity index (χ0n) is 16.3. The molecule has 4 aromatic rings. The second kappa shape index (κ2) is 6.56. The normalized spacial score (nSPS) is 16.2. The van der Waals surface area contributed by atoms with Gasteiger partial charge in [-0.05, 0) is 68.1 Å². The fourth-order valence-corrected chi connectivity index (χ4v) is 4.73. The van der Waals surface area contributed by atoms with E-state index in [0.717, 1.165) is 43.1 Å². The smallest absolute Gasteiger partial charge is 0.225 e. The summed E-state index contributed by atoms with van der Waals surface area (Å²) in [4.78, 5) is 16.7. The number of aromatic nitrogens is 2. The third-order valence-electron chi connectivity index (χ3n) is 6.29. The number of oxazole rings is 1. The second-order valence-corrected chi connectivity index (χ2v) is 8.21. The van der Waals surface area contributed by atoms with Crippen LogP contribution in [0, 0.1) is 0 Å². The summed E-state index contributed by atoms with van der Waals surface area (Å²) in [7, 11) is 0. The number of hydrogen-bond acceptors (Lipinski definition) is 4. The van der Waals surface area contributed by atoms with Crippen LogP contribution >= 0.6 is 0 Å². The van der Waals surface area contributed by atoms with E-state index in [1.165, 1.54) is 40.2 Å². The summed E-state index contributed by atoms with van der Waals surface area (Å²) >= 11 is 0. The maximum Gasteiger partial charge on any atom is 0.225 e. The van der Waals surface area contributed by atoms with Crippen LogP contribution in [0.15, 0.2) is 47.2 Å². The molecule has 5 nitrogen and oxygen atoms in total. The molecule has 2 aliphatic rings. The number of nitrogens with one attached hydrogen (secondary N) is 1. The minimum absolute atomic E-state index is 0.264. The van der Waals surface area contributed by atoms with E-state index in [0.29, 0.717) is 12.3 Å². The molecule has 29 heavy (non-hydrogen) atoms. The summed E-state index contributed by atoms with van der Waals surface area (Å²) in [6.07, 6.45) is 8.45. The van der Waals surface area contributed by atoms with Crippen LogP contribution < -0.4 is 5.32 Å². The molecule has 1 saturated carbocycles. The topological polar surface area (TPSA) is 60.1 Å². The lowest BCUT2D eigenvalue weighted by atomic mass is 10.0. The molecule has 1 N–H and O–H groups in total. The average molecular weight is 385 g/mol. The van der Waals surface area contributed by atoms with Gasteiger partial charge in [0, 0.05) is 51.9 Å². The molecule has 0 spiro atoms. The van der Waals surface area contributed by atoms with Gasteiger partial charge in [-0.15, -0.1) is 0 Å². The molecule has 5 heteroatoms. The van der Waals surface area contributed by atoms with E-state index in [-0.39, 0.29) is 5.78 Å². The van der Waals surface area contributed by atoms with Crippen LogP contribution in [0.4, 0.5) is 0 Å². The molecule has 2 heterocycles. The highest BCUT2D eigenvalue weighted by Crippen LogP contribution is 2.38. The van der Waals surface area contributed by atoms with Crippen molar-refractivity contribution in [3.63, 3.8) is 0 Å². The highest BCUT2D eigenvalue weighted by molar-refractivity contribution is 6.15. The fourth-order valence-electron chi connectivity index (χ4n) is 4.73. The molecular weight excluding hydrogens is 362 g/mol. The summed E-state index contributed by atoms with van der Waals surface area (Å²) in [5.41, 5.74) is 5.52. The molecule has 0 saturated heterocycles. The lowest BCUT2D eigenvalue weighted by Crippen LogP contribution is -2.18. The van der Waals surface area contributed by atoms with E-state index < -0.39 is 0 Å². The summed E-state index contributed by atoms with van der Waals surface area (Å²) in [6.45, 7) is 2.01. The van der Waals surface area contributed by atoms with Gasteiger partial charge in [0.2, 0.25) is 5.89 Å². The van der Waals surface area contributed by atoms with Crippen molar-refractivity contribution in [2.24, 2.45) is 0 Å². The van der Waals surface area contributed by atoms with Crippen LogP contribution in [0.2, 0.25) is 0 Å². The number of Topliss-reactive ketones (excluding diaryl/α,β-unsaturated/α-hetero) is 1. The van der Waals surface area contributed by atoms with Gasteiger partial charge in [-0.2, -0.15) is 0 Å². The number of carbonyl (C=O) groups is 1. The first kappa shape index (κ1) is 17.0. The van der Waals surface area contributed by atoms with Crippen molar-refractivity contribution in [3.05, 3.63) is 53.9 Å². The van der Waals surface area contributed by atoms with E-state index in [4.69, 9.17) is 4.42 Å². The number of fused-ring (bicyclic) bond motifs is 5. The highest BCUT2D eigenvalue weighted by atomic mass is 16.3. The molecule has 2 aromatic heterocycles. The van der Waals surface area contributed by atoms with E-state index in [1.807, 2.05) is 6.07 Å². The fraction of sp³-hybridized carbons (Fsp3) is 0.333. The molecule has 0 radical (unpaired) electrons. The van der Waals surface area contributed by atoms with Gasteiger partial charge in [0.1, 0.15) is 6.26 Å². The van der Waals surface area contributed by atoms with Crippen molar-refractivity contribution in [1.82, 2.24) is 14.9 Å². The van der Waals surface area contributed by atoms with Crippen LogP contribution in [-0.4, -0.2) is 27.9 Å². The second-order valence-electron chi connectivity index (χ2n) is 8.21. The Labute approximate surface area is 168 Å². The van der Waals surface area contributed by atoms with E-state index in [2.05, 4.69) is 39.1 Å². The first-order chi connectivity index (χ1) is 14.3. The summed E-state index contributed by atoms with van der Waals surface area (Å²) < 4.78 is 7.94. The summed E-state index contributed by atoms with van der Waals surface area (Å²) in [6, 6.07) is 11.3. The zero-order valence-corrected chi connectivity index (χ0v) is 16.3. The Balaban J connectivity index is 1.50. The van der Waals surface area contributed by atoms with Gasteiger partial charge in [0.25, 0.3) is 0 Å². The Bertz CT molecular complexity index is 1230. The van der Waals surface area contributed by atoms with Crippen LogP contribution in [0.25, 0.3) is 33.3 Å². The molecule has 0 bridgehead atoms. The van der Waals surface area contributed by atoms with Crippen LogP contribution in [0.5, 0.6) is 0 Å². The van der Waals surface area contributed by atoms with Crippen LogP contribution in [-0.2, 0) is 13.0 Å². The SMILES string of the molecule is O=C1CCc2c1ccc1c2c2cc(-c3ncco3)ccc2n1CCCNC1CC1. The summed E-state index contributed by atoms with van der Waals surface area (Å²) in [5, 5.41) is 6.03. The third-order valence-corrected chi connectivity index (χ3v) is 6.29. The van der Waals surface area contributed by atoms with Crippen molar-refractivity contribution >= 4 is 27.6 Å². The van der Waals surface area contributed by atoms with Gasteiger partial charge >= 0.3 is 0 Å². The average Bonchev–Trinajstić information content (AvgIpc) is 3.14. The van der Waals surface area contributed by atoms with Crippen LogP contribution in [0.3, 0.4) is 0 Å². The number of benzene rings is 2. The van der Waals surface area contributed by atoms with Gasteiger partial charge in [-0.25, -0.2) is 4.98 Å². The van der Waals surface area contributed by atoms with Crippen molar-refractivity contribution in [3.8, 4) is 11.5 Å². The van der Waals surface area contributed by atoms with E-state index in [9.17, 15) is 4.79 Å². The van der Waals surface area contributed by atoms with Crippen LogP contribution in [0.1, 0.15) is 41.6 Å². The molecule has 0 unspecified atom stereocenters. The van der Waals surface area contributed by atoms with Gasteiger partial charge < -0.3 is 14.3 Å². The van der Waals surface area contributed by atoms with Crippen molar-refractivity contribution in [2.45, 2.75) is 44.7 Å². The standard InChI is InChI=1S/C24H23N3O2/c28-22-9-6-18-17(22)5-8-21-23(18)19-14-15(24-26-11-13-29-24)2-7-20(19)27(21)12-1-10-25-16-3-4-16/h2,5,7-8,11,13-14,16,25H,1,3-4,6,9-10,12H2. The number of hydrogen-bond donors (Lipinski definition) is 1. The number of nitrogens with zero attached hydrogens (tertiary/aromatic N) is 2. The Morgan fingerprint density at radius 2 is 2.03 bits per heavy atom. The van der Waals surface area contributed by atoms with Crippen molar-refractivity contribution in [2.75, 3.05) is 6.54 Å². The van der Waals surface area contributed by atoms with E-state index >= 15 is 0 Å². The molecule has 2 aliphatic carbocycles. The molecule has 1 fully saturated rings. The molecule has 0 atom stereocenters. The number of ketones is 1. The lowest BCUT2D eigenvalue weighted by Gasteiger charge is -2.09. The minimum atomic E-state index is 0.264. The number of rotatable bonds is 6. The highest BCUT2D eigenvalue weighted by Gasteiger charge is 2.25. The van der Waals surface area contributed by atoms with Crippen molar-refractivity contribution in [1.29, 1.82) is 0 Å². The molecular formula is C24H23N3O2. The molecule has 0 aliphatic heterocycles. The van der Waals surface area contributed by atoms with E-state index in [1.54, 1.807) is 12.5 Å². The first-order valence-electron chi connectivity index (χ1n) is 10.5. The Kier molecular flexibility index (Phi) is 3.84. The monoisotopic (exact) mass is 385 g/mol. The zero-order chi connectivity index (χ0) is 19.4. The number of aryl methyl sites for hydroxylation is 2. The van der Waals surface area contributed by atoms with Gasteiger partial charge in [0.15, 0.2) is 5.78 Å². The maximum atomic E-state index is 12.3. The number of carbonyl (C=O) groups excluding carboxylic acids is 1. The predicted molar refractivity (Wildman–Crippen MR) is 113 cm³/mol. The Morgan fingerprint density at radius 3 is 2.86 bits per heavy atom. The maximum absolute atomic E-state index is 12.3. The Morgan fingerprint density at radius 1 is 1.14 bits per heavy atom. The summed E-state index contributed by atoms with van der Waals surface area (Å²) in [5.74, 6) is 0.894. The Hall–Kier alpha value is -2.92. The van der Waals surface area contributed by atoms with Gasteiger partial charge in [0.05, 0.1) is 6.20 Å². The van der Waals surface area contributed by atoms with Gasteiger partial charge in [-0.3, -0.25) is 4.79 Å². The quantitative estimate of drug-likeness (QED) is 0.488. The van der Waals surface area contributed by atoms with Crippen molar-refractivity contribution < 1.29 is 9.21 Å². The molecule has 0 amide bonds. The largest absolute Gasteiger partial charge is 0.445 e. The lowest BCUT2D eigenvalue weighted by molar-refractivity contribution is 0.0994. The molecule has 2 aromatic carbocycles. The first-order valence-corrected chi connectivity index (χ1v) is 10.5. The minimum Gasteiger partial charge on any atom is -0.445 e. The molecule has 6 rings (SSSR count). The molecule has 146 valence electrons. The van der Waals surface area contributed by atoms with Gasteiger partial charge in [-0.1, -0.05) is 0 Å². The predicted octanol–water partition coefficient (Wildman–Crippen LogP) is 4.72. The third kappa shape index (κ3) is 2.80.